The van der Waals surface area contributed by atoms with Gasteiger partial charge in [-0.25, -0.2) is 0 Å². The molecule has 8 heteroatoms. The van der Waals surface area contributed by atoms with E-state index in [1.54, 1.807) is 22.8 Å². The minimum absolute atomic E-state index is 0.397. The average Bonchev–Trinajstić information content (AvgIpc) is 2.75. The molecule has 0 aliphatic rings. The third-order valence-corrected chi connectivity index (χ3v) is 2.51. The van der Waals surface area contributed by atoms with Crippen molar-refractivity contribution in [2.75, 3.05) is 13.1 Å². The maximum absolute atomic E-state index is 11.7. The Morgan fingerprint density at radius 2 is 2.00 bits per heavy atom. The lowest BCUT2D eigenvalue weighted by atomic mass is 10.4. The molecule has 94 valence electrons. The van der Waals surface area contributed by atoms with Crippen molar-refractivity contribution in [3.05, 3.63) is 22.4 Å². The van der Waals surface area contributed by atoms with E-state index in [1.165, 1.54) is 11.3 Å². The highest BCUT2D eigenvalue weighted by Gasteiger charge is 2.27. The normalized spacial score (nSPS) is 11.0. The van der Waals surface area contributed by atoms with Gasteiger partial charge >= 0.3 is 6.18 Å². The predicted octanol–water partition coefficient (Wildman–Crippen LogP) is 1.16. The quantitative estimate of drug-likeness (QED) is 0.859. The highest BCUT2D eigenvalue weighted by molar-refractivity contribution is 7.12. The van der Waals surface area contributed by atoms with Crippen molar-refractivity contribution in [2.45, 2.75) is 6.18 Å². The minimum Gasteiger partial charge on any atom is -0.345 e. The molecule has 1 rings (SSSR count). The van der Waals surface area contributed by atoms with Gasteiger partial charge in [0.25, 0.3) is 5.91 Å². The maximum atomic E-state index is 11.7. The standard InChI is InChI=1S/C9H9F3N2O2S/c10-9(11,12)5-14-7(15)4-13-8(16)6-2-1-3-17-6/h1-3H,4-5H2,(H,13,16)(H,14,15). The Morgan fingerprint density at radius 1 is 1.29 bits per heavy atom. The smallest absolute Gasteiger partial charge is 0.345 e. The average molecular weight is 266 g/mol. The molecule has 4 nitrogen and oxygen atoms in total. The fourth-order valence-electron chi connectivity index (χ4n) is 0.917. The molecule has 1 aromatic rings. The molecule has 17 heavy (non-hydrogen) atoms. The number of thiophene rings is 1. The summed E-state index contributed by atoms with van der Waals surface area (Å²) in [4.78, 5) is 22.6. The predicted molar refractivity (Wildman–Crippen MR) is 55.7 cm³/mol. The fraction of sp³-hybridized carbons (Fsp3) is 0.333. The highest BCUT2D eigenvalue weighted by atomic mass is 32.1. The lowest BCUT2D eigenvalue weighted by Crippen LogP contribution is -2.40. The molecule has 0 saturated heterocycles. The number of hydrogen-bond acceptors (Lipinski definition) is 3. The molecule has 0 aliphatic carbocycles. The largest absolute Gasteiger partial charge is 0.405 e. The highest BCUT2D eigenvalue weighted by Crippen LogP contribution is 2.12. The number of halogens is 3. The molecule has 0 saturated carbocycles. The number of alkyl halides is 3. The topological polar surface area (TPSA) is 58.2 Å². The molecule has 0 aromatic carbocycles. The number of carbonyl (C=O) groups is 2. The van der Waals surface area contributed by atoms with Crippen LogP contribution in [0.3, 0.4) is 0 Å². The van der Waals surface area contributed by atoms with Crippen LogP contribution in [0.1, 0.15) is 9.67 Å². The van der Waals surface area contributed by atoms with Crippen LogP contribution in [0, 0.1) is 0 Å². The van der Waals surface area contributed by atoms with Crippen molar-refractivity contribution in [1.82, 2.24) is 10.6 Å². The first-order chi connectivity index (χ1) is 7.88. The van der Waals surface area contributed by atoms with Crippen LogP contribution in [0.4, 0.5) is 13.2 Å². The first-order valence-electron chi connectivity index (χ1n) is 4.53. The summed E-state index contributed by atoms with van der Waals surface area (Å²) in [5, 5.41) is 5.54. The van der Waals surface area contributed by atoms with Gasteiger partial charge in [0.05, 0.1) is 11.4 Å². The zero-order chi connectivity index (χ0) is 12.9. The zero-order valence-electron chi connectivity index (χ0n) is 8.50. The molecule has 1 heterocycles. The van der Waals surface area contributed by atoms with Crippen LogP contribution in [-0.4, -0.2) is 31.1 Å². The molecule has 1 aromatic heterocycles. The van der Waals surface area contributed by atoms with Crippen molar-refractivity contribution in [1.29, 1.82) is 0 Å². The van der Waals surface area contributed by atoms with E-state index in [2.05, 4.69) is 5.32 Å². The van der Waals surface area contributed by atoms with Crippen LogP contribution in [0.15, 0.2) is 17.5 Å². The van der Waals surface area contributed by atoms with Gasteiger partial charge in [-0.2, -0.15) is 13.2 Å². The number of rotatable bonds is 4. The third-order valence-electron chi connectivity index (χ3n) is 1.64. The Kier molecular flexibility index (Phi) is 4.50. The molecule has 0 unspecified atom stereocenters. The number of hydrogen-bond donors (Lipinski definition) is 2. The minimum atomic E-state index is -4.45. The number of carbonyl (C=O) groups excluding carboxylic acids is 2. The van der Waals surface area contributed by atoms with Gasteiger partial charge in [0.1, 0.15) is 6.54 Å². The Labute approximate surface area is 98.8 Å². The van der Waals surface area contributed by atoms with Gasteiger partial charge in [-0.15, -0.1) is 11.3 Å². The van der Waals surface area contributed by atoms with Gasteiger partial charge in [0, 0.05) is 0 Å². The van der Waals surface area contributed by atoms with E-state index in [4.69, 9.17) is 0 Å². The zero-order valence-corrected chi connectivity index (χ0v) is 9.32. The van der Waals surface area contributed by atoms with Crippen LogP contribution in [-0.2, 0) is 4.79 Å². The van der Waals surface area contributed by atoms with Gasteiger partial charge in [-0.05, 0) is 11.4 Å². The summed E-state index contributed by atoms with van der Waals surface area (Å²) in [5.41, 5.74) is 0. The van der Waals surface area contributed by atoms with Gasteiger partial charge in [0.15, 0.2) is 0 Å². The first kappa shape index (κ1) is 13.5. The Morgan fingerprint density at radius 3 is 2.53 bits per heavy atom. The van der Waals surface area contributed by atoms with E-state index in [1.807, 2.05) is 0 Å². The van der Waals surface area contributed by atoms with Gasteiger partial charge in [0.2, 0.25) is 5.91 Å². The van der Waals surface area contributed by atoms with E-state index >= 15 is 0 Å². The molecule has 0 bridgehead atoms. The lowest BCUT2D eigenvalue weighted by molar-refractivity contribution is -0.137. The summed E-state index contributed by atoms with van der Waals surface area (Å²) < 4.78 is 35.2. The number of nitrogens with one attached hydrogen (secondary N) is 2. The monoisotopic (exact) mass is 266 g/mol. The van der Waals surface area contributed by atoms with Gasteiger partial charge < -0.3 is 10.6 Å². The van der Waals surface area contributed by atoms with Crippen molar-refractivity contribution in [3.8, 4) is 0 Å². The second kappa shape index (κ2) is 5.67. The van der Waals surface area contributed by atoms with Crippen molar-refractivity contribution >= 4 is 23.2 Å². The SMILES string of the molecule is O=C(CNC(=O)c1cccs1)NCC(F)(F)F. The Balaban J connectivity index is 2.27. The van der Waals surface area contributed by atoms with Crippen molar-refractivity contribution in [3.63, 3.8) is 0 Å². The van der Waals surface area contributed by atoms with Crippen LogP contribution in [0.2, 0.25) is 0 Å². The lowest BCUT2D eigenvalue weighted by Gasteiger charge is -2.08. The summed E-state index contributed by atoms with van der Waals surface area (Å²) >= 11 is 1.18. The van der Waals surface area contributed by atoms with E-state index < -0.39 is 31.1 Å². The van der Waals surface area contributed by atoms with Crippen LogP contribution in [0.25, 0.3) is 0 Å². The maximum Gasteiger partial charge on any atom is 0.405 e. The molecular formula is C9H9F3N2O2S. The summed E-state index contributed by atoms with van der Waals surface area (Å²) in [7, 11) is 0. The van der Waals surface area contributed by atoms with Gasteiger partial charge in [-0.1, -0.05) is 6.07 Å². The summed E-state index contributed by atoms with van der Waals surface area (Å²) in [6.45, 7) is -1.88. The van der Waals surface area contributed by atoms with E-state index in [-0.39, 0.29) is 0 Å². The summed E-state index contributed by atoms with van der Waals surface area (Å²) in [6.07, 6.45) is -4.45. The van der Waals surface area contributed by atoms with Crippen LogP contribution < -0.4 is 10.6 Å². The molecule has 0 aliphatic heterocycles. The molecule has 0 atom stereocenters. The van der Waals surface area contributed by atoms with Crippen LogP contribution in [0.5, 0.6) is 0 Å². The van der Waals surface area contributed by atoms with E-state index in [0.717, 1.165) is 0 Å². The second-order valence-electron chi connectivity index (χ2n) is 3.05. The molecule has 2 amide bonds. The van der Waals surface area contributed by atoms with E-state index in [0.29, 0.717) is 4.88 Å². The molecule has 0 radical (unpaired) electrons. The summed E-state index contributed by atoms with van der Waals surface area (Å²) in [5.74, 6) is -1.37. The molecule has 2 N–H and O–H groups in total. The van der Waals surface area contributed by atoms with Crippen molar-refractivity contribution < 1.29 is 22.8 Å². The fourth-order valence-corrected chi connectivity index (χ4v) is 1.56. The Hall–Kier alpha value is -1.57. The van der Waals surface area contributed by atoms with Crippen molar-refractivity contribution in [2.24, 2.45) is 0 Å². The van der Waals surface area contributed by atoms with E-state index in [9.17, 15) is 22.8 Å². The second-order valence-corrected chi connectivity index (χ2v) is 4.00. The Bertz CT molecular complexity index is 389. The number of amides is 2. The first-order valence-corrected chi connectivity index (χ1v) is 5.41. The van der Waals surface area contributed by atoms with Crippen LogP contribution >= 0.6 is 11.3 Å². The molecule has 0 spiro atoms. The molecule has 0 fully saturated rings. The van der Waals surface area contributed by atoms with Gasteiger partial charge in [-0.3, -0.25) is 9.59 Å². The third kappa shape index (κ3) is 5.34. The summed E-state index contributed by atoms with van der Waals surface area (Å²) in [6, 6.07) is 3.21. The molecular weight excluding hydrogens is 257 g/mol.